The third kappa shape index (κ3) is 3.40. The fourth-order valence-corrected chi connectivity index (χ4v) is 3.74. The van der Waals surface area contributed by atoms with Gasteiger partial charge in [-0.05, 0) is 38.8 Å². The third-order valence-corrected chi connectivity index (χ3v) is 5.04. The van der Waals surface area contributed by atoms with Crippen LogP contribution in [-0.4, -0.2) is 47.3 Å². The van der Waals surface area contributed by atoms with Crippen molar-refractivity contribution in [3.63, 3.8) is 0 Å². The smallest absolute Gasteiger partial charge is 0.285 e. The van der Waals surface area contributed by atoms with E-state index in [2.05, 4.69) is 20.0 Å². The van der Waals surface area contributed by atoms with Gasteiger partial charge in [0, 0.05) is 19.1 Å². The lowest BCUT2D eigenvalue weighted by atomic mass is 10.0. The molecule has 1 N–H and O–H groups in total. The zero-order chi connectivity index (χ0) is 14.7. The molecule has 21 heavy (non-hydrogen) atoms. The first kappa shape index (κ1) is 14.9. The first-order chi connectivity index (χ1) is 10.3. The van der Waals surface area contributed by atoms with Crippen molar-refractivity contribution in [2.24, 2.45) is 0 Å². The molecular formula is C15H23ClN4O. The topological polar surface area (TPSA) is 52.2 Å². The SMILES string of the molecule is O=c1[nH]ncc(N2CCCC(N3CCCCCC3)C2)c1Cl. The molecule has 0 radical (unpaired) electrons. The Bertz CT molecular complexity index is 525. The molecule has 1 unspecified atom stereocenters. The average molecular weight is 311 g/mol. The Morgan fingerprint density at radius 2 is 1.90 bits per heavy atom. The zero-order valence-corrected chi connectivity index (χ0v) is 13.1. The van der Waals surface area contributed by atoms with Gasteiger partial charge in [-0.15, -0.1) is 0 Å². The normalized spacial score (nSPS) is 24.8. The number of H-pyrrole nitrogens is 1. The maximum Gasteiger partial charge on any atom is 0.285 e. The van der Waals surface area contributed by atoms with Crippen LogP contribution in [0.15, 0.2) is 11.0 Å². The minimum atomic E-state index is -0.300. The van der Waals surface area contributed by atoms with E-state index < -0.39 is 0 Å². The van der Waals surface area contributed by atoms with E-state index in [9.17, 15) is 4.79 Å². The van der Waals surface area contributed by atoms with Crippen molar-refractivity contribution < 1.29 is 0 Å². The molecule has 2 aliphatic rings. The van der Waals surface area contributed by atoms with Crippen LogP contribution in [0.3, 0.4) is 0 Å². The van der Waals surface area contributed by atoms with E-state index in [0.717, 1.165) is 25.2 Å². The summed E-state index contributed by atoms with van der Waals surface area (Å²) in [7, 11) is 0. The van der Waals surface area contributed by atoms with Gasteiger partial charge in [0.15, 0.2) is 0 Å². The van der Waals surface area contributed by atoms with Gasteiger partial charge in [0.05, 0.1) is 11.9 Å². The van der Waals surface area contributed by atoms with Crippen molar-refractivity contribution in [2.75, 3.05) is 31.1 Å². The number of halogens is 1. The van der Waals surface area contributed by atoms with E-state index in [-0.39, 0.29) is 10.6 Å². The van der Waals surface area contributed by atoms with Gasteiger partial charge in [-0.3, -0.25) is 9.69 Å². The molecule has 0 bridgehead atoms. The summed E-state index contributed by atoms with van der Waals surface area (Å²) in [5.74, 6) is 0. The van der Waals surface area contributed by atoms with Crippen LogP contribution in [0.1, 0.15) is 38.5 Å². The van der Waals surface area contributed by atoms with Crippen molar-refractivity contribution in [2.45, 2.75) is 44.6 Å². The molecule has 1 atom stereocenters. The van der Waals surface area contributed by atoms with Gasteiger partial charge in [-0.2, -0.15) is 5.10 Å². The molecule has 116 valence electrons. The lowest BCUT2D eigenvalue weighted by molar-refractivity contribution is 0.182. The van der Waals surface area contributed by atoms with Crippen molar-refractivity contribution in [3.05, 3.63) is 21.6 Å². The van der Waals surface area contributed by atoms with Crippen LogP contribution in [-0.2, 0) is 0 Å². The van der Waals surface area contributed by atoms with Crippen LogP contribution in [0.2, 0.25) is 5.02 Å². The molecule has 3 rings (SSSR count). The fraction of sp³-hybridized carbons (Fsp3) is 0.733. The summed E-state index contributed by atoms with van der Waals surface area (Å²) in [6, 6.07) is 0.576. The van der Waals surface area contributed by atoms with Crippen LogP contribution in [0.5, 0.6) is 0 Å². The Kier molecular flexibility index (Phi) is 4.80. The molecule has 3 heterocycles. The lowest BCUT2D eigenvalue weighted by Crippen LogP contribution is -2.48. The summed E-state index contributed by atoms with van der Waals surface area (Å²) in [5, 5.41) is 6.55. The van der Waals surface area contributed by atoms with Gasteiger partial charge in [0.25, 0.3) is 5.56 Å². The minimum absolute atomic E-state index is 0.265. The monoisotopic (exact) mass is 310 g/mol. The Labute approximate surface area is 130 Å². The van der Waals surface area contributed by atoms with E-state index in [4.69, 9.17) is 11.6 Å². The molecule has 1 aromatic heterocycles. The zero-order valence-electron chi connectivity index (χ0n) is 12.4. The van der Waals surface area contributed by atoms with Crippen LogP contribution in [0.4, 0.5) is 5.69 Å². The van der Waals surface area contributed by atoms with Crippen molar-refractivity contribution >= 4 is 17.3 Å². The number of rotatable bonds is 2. The standard InChI is InChI=1S/C15H23ClN4O/c16-14-13(10-17-18-15(14)21)20-9-5-6-12(11-20)19-7-3-1-2-4-8-19/h10,12H,1-9,11H2,(H,18,21). The van der Waals surface area contributed by atoms with Gasteiger partial charge in [0.2, 0.25) is 0 Å². The van der Waals surface area contributed by atoms with Crippen molar-refractivity contribution in [1.29, 1.82) is 0 Å². The van der Waals surface area contributed by atoms with Crippen LogP contribution >= 0.6 is 11.6 Å². The summed E-state index contributed by atoms with van der Waals surface area (Å²) in [4.78, 5) is 16.5. The maximum atomic E-state index is 11.6. The van der Waals surface area contributed by atoms with Gasteiger partial charge in [0.1, 0.15) is 5.02 Å². The maximum absolute atomic E-state index is 11.6. The number of hydrogen-bond acceptors (Lipinski definition) is 4. The molecule has 5 nitrogen and oxygen atoms in total. The molecular weight excluding hydrogens is 288 g/mol. The van der Waals surface area contributed by atoms with Crippen LogP contribution < -0.4 is 10.5 Å². The molecule has 0 aliphatic carbocycles. The number of hydrogen-bond donors (Lipinski definition) is 1. The highest BCUT2D eigenvalue weighted by Crippen LogP contribution is 2.27. The first-order valence-corrected chi connectivity index (χ1v) is 8.35. The third-order valence-electron chi connectivity index (χ3n) is 4.67. The fourth-order valence-electron chi connectivity index (χ4n) is 3.53. The molecule has 0 saturated carbocycles. The van der Waals surface area contributed by atoms with Gasteiger partial charge < -0.3 is 4.90 Å². The Morgan fingerprint density at radius 3 is 2.67 bits per heavy atom. The van der Waals surface area contributed by atoms with Crippen molar-refractivity contribution in [1.82, 2.24) is 15.1 Å². The van der Waals surface area contributed by atoms with Gasteiger partial charge >= 0.3 is 0 Å². The summed E-state index contributed by atoms with van der Waals surface area (Å²) >= 11 is 6.15. The summed E-state index contributed by atoms with van der Waals surface area (Å²) < 4.78 is 0. The number of anilines is 1. The number of nitrogens with one attached hydrogen (secondary N) is 1. The summed E-state index contributed by atoms with van der Waals surface area (Å²) in [6.07, 6.45) is 9.39. The molecule has 2 fully saturated rings. The Morgan fingerprint density at radius 1 is 1.14 bits per heavy atom. The Hall–Kier alpha value is -1.07. The Balaban J connectivity index is 1.73. The van der Waals surface area contributed by atoms with E-state index in [0.29, 0.717) is 6.04 Å². The predicted molar refractivity (Wildman–Crippen MR) is 85.1 cm³/mol. The quantitative estimate of drug-likeness (QED) is 0.910. The van der Waals surface area contributed by atoms with E-state index >= 15 is 0 Å². The average Bonchev–Trinajstić information content (AvgIpc) is 2.79. The highest BCUT2D eigenvalue weighted by Gasteiger charge is 2.27. The number of nitrogens with zero attached hydrogens (tertiary/aromatic N) is 3. The molecule has 2 saturated heterocycles. The summed E-state index contributed by atoms with van der Waals surface area (Å²) in [5.41, 5.74) is 0.478. The van der Waals surface area contributed by atoms with Crippen molar-refractivity contribution in [3.8, 4) is 0 Å². The van der Waals surface area contributed by atoms with Crippen LogP contribution in [0.25, 0.3) is 0 Å². The highest BCUT2D eigenvalue weighted by molar-refractivity contribution is 6.32. The first-order valence-electron chi connectivity index (χ1n) is 7.98. The molecule has 0 aromatic carbocycles. The van der Waals surface area contributed by atoms with Gasteiger partial charge in [-0.1, -0.05) is 24.4 Å². The van der Waals surface area contributed by atoms with E-state index in [1.807, 2.05) is 0 Å². The van der Waals surface area contributed by atoms with E-state index in [1.54, 1.807) is 6.20 Å². The minimum Gasteiger partial charge on any atom is -0.367 e. The van der Waals surface area contributed by atoms with Crippen LogP contribution in [0, 0.1) is 0 Å². The second-order valence-electron chi connectivity index (χ2n) is 6.09. The molecule has 1 aromatic rings. The lowest BCUT2D eigenvalue weighted by Gasteiger charge is -2.40. The second kappa shape index (κ2) is 6.79. The molecule has 0 amide bonds. The molecule has 2 aliphatic heterocycles. The largest absolute Gasteiger partial charge is 0.367 e. The summed E-state index contributed by atoms with van der Waals surface area (Å²) in [6.45, 7) is 4.32. The number of aromatic amines is 1. The molecule has 0 spiro atoms. The number of likely N-dealkylation sites (tertiary alicyclic amines) is 1. The predicted octanol–water partition coefficient (Wildman–Crippen LogP) is 2.27. The van der Waals surface area contributed by atoms with E-state index in [1.165, 1.54) is 45.2 Å². The number of piperidine rings is 1. The number of aromatic nitrogens is 2. The highest BCUT2D eigenvalue weighted by atomic mass is 35.5. The molecule has 6 heteroatoms. The van der Waals surface area contributed by atoms with Gasteiger partial charge in [-0.25, -0.2) is 5.10 Å². The second-order valence-corrected chi connectivity index (χ2v) is 6.47.